The van der Waals surface area contributed by atoms with Crippen molar-refractivity contribution in [2.75, 3.05) is 0 Å². The van der Waals surface area contributed by atoms with Gasteiger partial charge in [-0.1, -0.05) is 112 Å². The molecule has 0 spiro atoms. The quantitative estimate of drug-likeness (QED) is 0.128. The van der Waals surface area contributed by atoms with E-state index in [1.165, 1.54) is 33.4 Å². The minimum absolute atomic E-state index is 0. The van der Waals surface area contributed by atoms with Crippen LogP contribution in [0.15, 0.2) is 79.0 Å². The second-order valence-electron chi connectivity index (χ2n) is 18.0. The van der Waals surface area contributed by atoms with E-state index in [2.05, 4.69) is 178 Å². The average Bonchev–Trinajstić information content (AvgIpc) is 3.62. The van der Waals surface area contributed by atoms with Crippen LogP contribution < -0.4 is 4.74 Å². The number of benzene rings is 4. The number of aromatic nitrogens is 4. The van der Waals surface area contributed by atoms with Gasteiger partial charge in [-0.25, -0.2) is 4.98 Å². The van der Waals surface area contributed by atoms with Gasteiger partial charge in [-0.15, -0.1) is 41.3 Å². The number of ether oxygens (including phenoxy) is 1. The molecule has 57 heavy (non-hydrogen) atoms. The molecule has 7 rings (SSSR count). The number of pyridine rings is 1. The van der Waals surface area contributed by atoms with E-state index in [4.69, 9.17) is 14.8 Å². The SMILES string of the molecule is Cc1nn(-c2[c-]c(Oc3[c-]c4c(cc3)c3ccccc3n4-c3cc(CC(C)C)ccn3)cc(C(C)(C)C)c2)c(C)c1-c1c(C(C)C)cc(C(C)C)cc1C(C)C.[Pt+2]. The molecule has 0 aliphatic heterocycles. The van der Waals surface area contributed by atoms with Crippen LogP contribution in [0, 0.1) is 31.9 Å². The van der Waals surface area contributed by atoms with Crippen molar-refractivity contribution in [1.82, 2.24) is 19.3 Å². The molecule has 0 atom stereocenters. The first kappa shape index (κ1) is 42.1. The standard InChI is InChI=1S/C51H58N4O.Pt/c1-30(2)22-36-20-21-52-48(23-36)54-46-17-15-14-16-42(46)43-19-18-40(29-47(43)54)56-41-27-38(51(11,12)13)26-39(28-41)55-35(10)49(34(9)53-55)50-44(32(5)6)24-37(31(3)4)25-45(50)33(7)8;/h14-21,23-27,30-33H,22H2,1-13H3;/q-2;+2. The molecule has 0 saturated carbocycles. The van der Waals surface area contributed by atoms with Gasteiger partial charge >= 0.3 is 21.1 Å². The van der Waals surface area contributed by atoms with Crippen LogP contribution in [0.1, 0.15) is 133 Å². The maximum Gasteiger partial charge on any atom is 2.00 e. The van der Waals surface area contributed by atoms with Gasteiger partial charge in [0.1, 0.15) is 5.82 Å². The fourth-order valence-electron chi connectivity index (χ4n) is 8.09. The Kier molecular flexibility index (Phi) is 12.1. The van der Waals surface area contributed by atoms with Crippen molar-refractivity contribution in [3.63, 3.8) is 0 Å². The van der Waals surface area contributed by atoms with Crippen LogP contribution in [-0.2, 0) is 32.9 Å². The second kappa shape index (κ2) is 16.4. The zero-order chi connectivity index (χ0) is 40.2. The summed E-state index contributed by atoms with van der Waals surface area (Å²) in [4.78, 5) is 4.85. The van der Waals surface area contributed by atoms with Crippen LogP contribution in [0.4, 0.5) is 0 Å². The van der Waals surface area contributed by atoms with Crippen LogP contribution in [0.5, 0.6) is 11.5 Å². The first-order valence-electron chi connectivity index (χ1n) is 20.4. The van der Waals surface area contributed by atoms with Crippen LogP contribution in [0.3, 0.4) is 0 Å². The summed E-state index contributed by atoms with van der Waals surface area (Å²) in [5, 5.41) is 7.50. The van der Waals surface area contributed by atoms with Crippen LogP contribution >= 0.6 is 0 Å². The van der Waals surface area contributed by atoms with Gasteiger partial charge in [-0.05, 0) is 106 Å². The number of hydrogen-bond donors (Lipinski definition) is 0. The molecule has 0 aliphatic carbocycles. The van der Waals surface area contributed by atoms with E-state index in [1.807, 2.05) is 12.3 Å². The molecule has 0 fully saturated rings. The van der Waals surface area contributed by atoms with E-state index in [1.54, 1.807) is 0 Å². The van der Waals surface area contributed by atoms with E-state index in [-0.39, 0.29) is 26.5 Å². The van der Waals surface area contributed by atoms with Crippen LogP contribution in [0.25, 0.3) is 44.4 Å². The summed E-state index contributed by atoms with van der Waals surface area (Å²) in [6.07, 6.45) is 2.91. The third-order valence-corrected chi connectivity index (χ3v) is 11.1. The minimum Gasteiger partial charge on any atom is -0.509 e. The van der Waals surface area contributed by atoms with Gasteiger partial charge in [-0.3, -0.25) is 4.68 Å². The van der Waals surface area contributed by atoms with Gasteiger partial charge in [0, 0.05) is 34.5 Å². The van der Waals surface area contributed by atoms with Gasteiger partial charge < -0.3 is 9.30 Å². The molecule has 0 unspecified atom stereocenters. The van der Waals surface area contributed by atoms with Crippen LogP contribution in [0.2, 0.25) is 0 Å². The van der Waals surface area contributed by atoms with Gasteiger partial charge in [0.25, 0.3) is 0 Å². The van der Waals surface area contributed by atoms with Crippen molar-refractivity contribution in [1.29, 1.82) is 0 Å². The molecule has 3 aromatic heterocycles. The van der Waals surface area contributed by atoms with E-state index in [9.17, 15) is 0 Å². The molecule has 0 radical (unpaired) electrons. The Morgan fingerprint density at radius 1 is 0.719 bits per heavy atom. The fraction of sp³-hybridized carbons (Fsp3) is 0.373. The van der Waals surface area contributed by atoms with E-state index < -0.39 is 0 Å². The molecule has 3 heterocycles. The molecule has 0 bridgehead atoms. The van der Waals surface area contributed by atoms with E-state index >= 15 is 0 Å². The molecule has 0 N–H and O–H groups in total. The van der Waals surface area contributed by atoms with Crippen molar-refractivity contribution < 1.29 is 25.8 Å². The molecule has 0 aliphatic rings. The summed E-state index contributed by atoms with van der Waals surface area (Å²) in [5.74, 6) is 3.87. The number of fused-ring (bicyclic) bond motifs is 3. The number of rotatable bonds is 10. The molecule has 4 aromatic carbocycles. The maximum atomic E-state index is 6.76. The molecule has 5 nitrogen and oxygen atoms in total. The first-order valence-corrected chi connectivity index (χ1v) is 20.4. The maximum absolute atomic E-state index is 6.76. The zero-order valence-electron chi connectivity index (χ0n) is 36.0. The summed E-state index contributed by atoms with van der Waals surface area (Å²) >= 11 is 0. The van der Waals surface area contributed by atoms with Crippen molar-refractivity contribution in [2.24, 2.45) is 5.92 Å². The second-order valence-corrected chi connectivity index (χ2v) is 18.0. The van der Waals surface area contributed by atoms with Gasteiger partial charge in [0.05, 0.1) is 5.69 Å². The summed E-state index contributed by atoms with van der Waals surface area (Å²) in [6.45, 7) is 29.3. The Hall–Kier alpha value is -4.47. The Morgan fingerprint density at radius 2 is 1.40 bits per heavy atom. The predicted molar refractivity (Wildman–Crippen MR) is 234 cm³/mol. The van der Waals surface area contributed by atoms with Crippen molar-refractivity contribution in [2.45, 2.75) is 120 Å². The third kappa shape index (κ3) is 8.28. The largest absolute Gasteiger partial charge is 2.00 e. The minimum atomic E-state index is -0.143. The Morgan fingerprint density at radius 3 is 2.04 bits per heavy atom. The summed E-state index contributed by atoms with van der Waals surface area (Å²) in [7, 11) is 0. The average molecular weight is 938 g/mol. The van der Waals surface area contributed by atoms with E-state index in [0.29, 0.717) is 35.2 Å². The molecule has 0 amide bonds. The third-order valence-electron chi connectivity index (χ3n) is 11.1. The summed E-state index contributed by atoms with van der Waals surface area (Å²) < 4.78 is 11.0. The van der Waals surface area contributed by atoms with Gasteiger partial charge in [0.15, 0.2) is 0 Å². The zero-order valence-corrected chi connectivity index (χ0v) is 38.3. The topological polar surface area (TPSA) is 44.9 Å². The van der Waals surface area contributed by atoms with Crippen LogP contribution in [-0.4, -0.2) is 19.3 Å². The number of nitrogens with zero attached hydrogens (tertiary/aromatic N) is 4. The van der Waals surface area contributed by atoms with Crippen molar-refractivity contribution in [3.8, 4) is 34.1 Å². The number of hydrogen-bond acceptors (Lipinski definition) is 3. The van der Waals surface area contributed by atoms with E-state index in [0.717, 1.165) is 56.7 Å². The summed E-state index contributed by atoms with van der Waals surface area (Å²) in [6, 6.07) is 33.5. The monoisotopic (exact) mass is 937 g/mol. The molecule has 298 valence electrons. The normalized spacial score (nSPS) is 12.2. The summed E-state index contributed by atoms with van der Waals surface area (Å²) in [5.41, 5.74) is 13.9. The van der Waals surface area contributed by atoms with Crippen molar-refractivity contribution >= 4 is 21.8 Å². The molecule has 7 aromatic rings. The Bertz CT molecular complexity index is 2530. The molecular weight excluding hydrogens is 880 g/mol. The molecule has 6 heteroatoms. The molecular formula is C51H58N4OPt. The van der Waals surface area contributed by atoms with Gasteiger partial charge in [-0.2, -0.15) is 11.2 Å². The first-order chi connectivity index (χ1) is 26.5. The van der Waals surface area contributed by atoms with Gasteiger partial charge in [0.2, 0.25) is 0 Å². The molecule has 0 saturated heterocycles. The Balaban J connectivity index is 0.00000549. The van der Waals surface area contributed by atoms with Crippen molar-refractivity contribution in [3.05, 3.63) is 130 Å². The number of aryl methyl sites for hydroxylation is 1. The Labute approximate surface area is 355 Å². The number of para-hydroxylation sites is 1. The fourth-order valence-corrected chi connectivity index (χ4v) is 8.09. The smallest absolute Gasteiger partial charge is 0.509 e. The predicted octanol–water partition coefficient (Wildman–Crippen LogP) is 13.9.